The van der Waals surface area contributed by atoms with Crippen molar-refractivity contribution in [3.8, 4) is 0 Å². The molecule has 1 amide bonds. The number of hydrogen-bond acceptors (Lipinski definition) is 2. The molecule has 0 saturated carbocycles. The van der Waals surface area contributed by atoms with Gasteiger partial charge in [0.05, 0.1) is 25.2 Å². The van der Waals surface area contributed by atoms with Crippen molar-refractivity contribution < 1.29 is 9.78 Å². The number of hydrogen-bond donors (Lipinski definition) is 0. The number of benzene rings is 1. The molecule has 120 valence electrons. The standard InChI is InChI=1S/C19H23N3O/c1-2-17(16-8-4-3-5-9-16)19(23)22-14-12-21(13-15-22)18-10-6-7-11-20-18/h3-11,17H,2,12-15H2,1H3/p+1/t17-/m0/s1. The molecule has 0 unspecified atom stereocenters. The van der Waals surface area contributed by atoms with E-state index in [1.54, 1.807) is 0 Å². The minimum Gasteiger partial charge on any atom is -0.334 e. The van der Waals surface area contributed by atoms with Gasteiger partial charge in [0.2, 0.25) is 5.91 Å². The summed E-state index contributed by atoms with van der Waals surface area (Å²) in [5.74, 6) is 1.36. The van der Waals surface area contributed by atoms with Crippen molar-refractivity contribution in [1.29, 1.82) is 0 Å². The zero-order valence-electron chi connectivity index (χ0n) is 13.6. The van der Waals surface area contributed by atoms with E-state index in [1.807, 2.05) is 41.4 Å². The monoisotopic (exact) mass is 310 g/mol. The lowest BCUT2D eigenvalue weighted by molar-refractivity contribution is -0.364. The Bertz CT molecular complexity index is 622. The van der Waals surface area contributed by atoms with Crippen LogP contribution in [-0.4, -0.2) is 37.0 Å². The number of rotatable bonds is 4. The van der Waals surface area contributed by atoms with Crippen LogP contribution in [0.3, 0.4) is 0 Å². The smallest absolute Gasteiger partial charge is 0.274 e. The molecule has 0 aliphatic carbocycles. The van der Waals surface area contributed by atoms with Crippen LogP contribution < -0.4 is 9.88 Å². The van der Waals surface area contributed by atoms with E-state index in [-0.39, 0.29) is 11.8 Å². The van der Waals surface area contributed by atoms with Gasteiger partial charge in [-0.3, -0.25) is 9.69 Å². The summed E-state index contributed by atoms with van der Waals surface area (Å²) in [6.45, 7) is 5.40. The number of anilines is 1. The number of piperazine rings is 1. The number of carbonyl (C=O) groups is 1. The van der Waals surface area contributed by atoms with Gasteiger partial charge in [0.15, 0.2) is 0 Å². The van der Waals surface area contributed by atoms with Crippen molar-refractivity contribution in [1.82, 2.24) is 4.90 Å². The molecule has 1 atom stereocenters. The van der Waals surface area contributed by atoms with E-state index < -0.39 is 0 Å². The lowest BCUT2D eigenvalue weighted by Crippen LogP contribution is -2.51. The second kappa shape index (κ2) is 7.27. The molecule has 1 aliphatic rings. The molecular weight excluding hydrogens is 286 g/mol. The molecule has 2 heterocycles. The van der Waals surface area contributed by atoms with Gasteiger partial charge in [0, 0.05) is 6.07 Å². The van der Waals surface area contributed by atoms with Crippen LogP contribution in [0.1, 0.15) is 24.8 Å². The average molecular weight is 310 g/mol. The number of nitrogens with one attached hydrogen (secondary N) is 1. The van der Waals surface area contributed by atoms with Crippen LogP contribution in [-0.2, 0) is 4.79 Å². The van der Waals surface area contributed by atoms with Crippen molar-refractivity contribution >= 4 is 11.7 Å². The summed E-state index contributed by atoms with van der Waals surface area (Å²) in [6.07, 6.45) is 2.78. The highest BCUT2D eigenvalue weighted by atomic mass is 16.2. The summed E-state index contributed by atoms with van der Waals surface area (Å²) >= 11 is 0. The first-order valence-corrected chi connectivity index (χ1v) is 8.35. The fourth-order valence-corrected chi connectivity index (χ4v) is 3.21. The molecule has 1 saturated heterocycles. The van der Waals surface area contributed by atoms with Gasteiger partial charge in [-0.05, 0) is 18.1 Å². The summed E-state index contributed by atoms with van der Waals surface area (Å²) in [6, 6.07) is 16.2. The molecule has 2 aromatic rings. The molecule has 0 bridgehead atoms. The van der Waals surface area contributed by atoms with Crippen molar-refractivity contribution in [3.05, 3.63) is 60.3 Å². The number of aromatic amines is 1. The van der Waals surface area contributed by atoms with Gasteiger partial charge >= 0.3 is 0 Å². The molecule has 0 spiro atoms. The third kappa shape index (κ3) is 3.52. The molecule has 1 aromatic carbocycles. The van der Waals surface area contributed by atoms with Gasteiger partial charge in [-0.1, -0.05) is 43.3 Å². The van der Waals surface area contributed by atoms with Gasteiger partial charge in [-0.15, -0.1) is 0 Å². The third-order valence-electron chi connectivity index (χ3n) is 4.53. The van der Waals surface area contributed by atoms with Gasteiger partial charge in [-0.25, -0.2) is 4.98 Å². The van der Waals surface area contributed by atoms with Crippen LogP contribution >= 0.6 is 0 Å². The van der Waals surface area contributed by atoms with Crippen molar-refractivity contribution in [2.75, 3.05) is 31.1 Å². The summed E-state index contributed by atoms with van der Waals surface area (Å²) in [4.78, 5) is 20.5. The van der Waals surface area contributed by atoms with E-state index in [9.17, 15) is 4.79 Å². The number of carbonyl (C=O) groups excluding carboxylic acids is 1. The van der Waals surface area contributed by atoms with Crippen LogP contribution in [0.5, 0.6) is 0 Å². The van der Waals surface area contributed by atoms with E-state index in [2.05, 4.69) is 35.0 Å². The van der Waals surface area contributed by atoms with Gasteiger partial charge in [-0.2, -0.15) is 0 Å². The molecule has 1 aromatic heterocycles. The third-order valence-corrected chi connectivity index (χ3v) is 4.53. The fraction of sp³-hybridized carbons (Fsp3) is 0.368. The second-order valence-corrected chi connectivity index (χ2v) is 5.93. The Labute approximate surface area is 137 Å². The summed E-state index contributed by atoms with van der Waals surface area (Å²) in [7, 11) is 0. The van der Waals surface area contributed by atoms with Crippen molar-refractivity contribution in [2.24, 2.45) is 0 Å². The molecule has 1 fully saturated rings. The van der Waals surface area contributed by atoms with Crippen LogP contribution in [0.4, 0.5) is 5.82 Å². The van der Waals surface area contributed by atoms with Gasteiger partial charge < -0.3 is 4.90 Å². The second-order valence-electron chi connectivity index (χ2n) is 5.93. The topological polar surface area (TPSA) is 37.7 Å². The van der Waals surface area contributed by atoms with Gasteiger partial charge in [0.25, 0.3) is 5.82 Å². The minimum atomic E-state index is -0.0222. The largest absolute Gasteiger partial charge is 0.334 e. The van der Waals surface area contributed by atoms with E-state index in [0.717, 1.165) is 44.0 Å². The van der Waals surface area contributed by atoms with Crippen LogP contribution in [0.25, 0.3) is 0 Å². The van der Waals surface area contributed by atoms with Crippen molar-refractivity contribution in [2.45, 2.75) is 19.3 Å². The van der Waals surface area contributed by atoms with E-state index in [0.29, 0.717) is 0 Å². The van der Waals surface area contributed by atoms with E-state index >= 15 is 0 Å². The quantitative estimate of drug-likeness (QED) is 0.869. The number of H-pyrrole nitrogens is 1. The Morgan fingerprint density at radius 3 is 2.35 bits per heavy atom. The van der Waals surface area contributed by atoms with E-state index in [4.69, 9.17) is 0 Å². The van der Waals surface area contributed by atoms with Crippen molar-refractivity contribution in [3.63, 3.8) is 0 Å². The van der Waals surface area contributed by atoms with Crippen LogP contribution in [0.2, 0.25) is 0 Å². The Morgan fingerprint density at radius 2 is 1.74 bits per heavy atom. The molecule has 4 nitrogen and oxygen atoms in total. The maximum absolute atomic E-state index is 12.9. The summed E-state index contributed by atoms with van der Waals surface area (Å²) in [5, 5.41) is 0. The number of nitrogens with zero attached hydrogens (tertiary/aromatic N) is 2. The predicted molar refractivity (Wildman–Crippen MR) is 91.3 cm³/mol. The first-order valence-electron chi connectivity index (χ1n) is 8.35. The SMILES string of the molecule is CC[C@H](C(=O)N1CCN(c2cccc[nH+]2)CC1)c1ccccc1. The van der Waals surface area contributed by atoms with Crippen LogP contribution in [0.15, 0.2) is 54.7 Å². The lowest BCUT2D eigenvalue weighted by atomic mass is 9.95. The normalized spacial score (nSPS) is 16.2. The Hall–Kier alpha value is -2.36. The zero-order valence-corrected chi connectivity index (χ0v) is 13.6. The molecule has 0 radical (unpaired) electrons. The highest BCUT2D eigenvalue weighted by molar-refractivity contribution is 5.84. The molecule has 1 aliphatic heterocycles. The van der Waals surface area contributed by atoms with E-state index in [1.165, 1.54) is 0 Å². The van der Waals surface area contributed by atoms with Gasteiger partial charge in [0.1, 0.15) is 13.1 Å². The lowest BCUT2D eigenvalue weighted by Gasteiger charge is -2.33. The molecule has 4 heteroatoms. The summed E-state index contributed by atoms with van der Waals surface area (Å²) < 4.78 is 0. The Morgan fingerprint density at radius 1 is 1.04 bits per heavy atom. The maximum Gasteiger partial charge on any atom is 0.274 e. The maximum atomic E-state index is 12.9. The van der Waals surface area contributed by atoms with Crippen LogP contribution in [0, 0.1) is 0 Å². The Balaban J connectivity index is 1.64. The minimum absolute atomic E-state index is 0.0222. The zero-order chi connectivity index (χ0) is 16.1. The number of pyridine rings is 1. The Kier molecular flexibility index (Phi) is 4.91. The molecule has 23 heavy (non-hydrogen) atoms. The highest BCUT2D eigenvalue weighted by Crippen LogP contribution is 2.23. The fourth-order valence-electron chi connectivity index (χ4n) is 3.21. The molecule has 1 N–H and O–H groups in total. The molecule has 3 rings (SSSR count). The predicted octanol–water partition coefficient (Wildman–Crippen LogP) is 2.34. The number of amides is 1. The first-order chi connectivity index (χ1) is 11.3. The highest BCUT2D eigenvalue weighted by Gasteiger charge is 2.30. The first kappa shape index (κ1) is 15.5. The molecular formula is C19H24N3O+. The average Bonchev–Trinajstić information content (AvgIpc) is 2.64. The number of aromatic nitrogens is 1. The summed E-state index contributed by atoms with van der Waals surface area (Å²) in [5.41, 5.74) is 1.12.